The molecule has 0 saturated heterocycles. The van der Waals surface area contributed by atoms with E-state index in [1.165, 1.54) is 6.07 Å². The molecule has 1 amide bonds. The first-order valence-electron chi connectivity index (χ1n) is 8.80. The summed E-state index contributed by atoms with van der Waals surface area (Å²) in [6, 6.07) is 9.25. The number of rotatable bonds is 6. The van der Waals surface area contributed by atoms with Crippen LogP contribution in [0, 0.1) is 13.8 Å². The summed E-state index contributed by atoms with van der Waals surface area (Å²) < 4.78 is 63.9. The first-order chi connectivity index (χ1) is 13.3. The van der Waals surface area contributed by atoms with Crippen molar-refractivity contribution in [3.05, 3.63) is 64.7 Å². The van der Waals surface area contributed by atoms with Crippen LogP contribution in [0.15, 0.2) is 42.5 Å². The van der Waals surface area contributed by atoms with Gasteiger partial charge in [-0.05, 0) is 50.1 Å². The zero-order valence-corrected chi connectivity index (χ0v) is 17.4. The molecule has 0 radical (unpaired) electrons. The number of halogens is 3. The topological polar surface area (TPSA) is 66.5 Å². The highest BCUT2D eigenvalue weighted by atomic mass is 32.2. The normalized spacial score (nSPS) is 13.1. The second-order valence-corrected chi connectivity index (χ2v) is 8.87. The Balaban J connectivity index is 2.25. The van der Waals surface area contributed by atoms with Gasteiger partial charge in [0, 0.05) is 0 Å². The van der Waals surface area contributed by atoms with Crippen LogP contribution in [0.1, 0.15) is 35.2 Å². The van der Waals surface area contributed by atoms with Crippen molar-refractivity contribution in [2.45, 2.75) is 33.0 Å². The molecule has 1 unspecified atom stereocenters. The Hall–Kier alpha value is -2.55. The predicted molar refractivity (Wildman–Crippen MR) is 106 cm³/mol. The van der Waals surface area contributed by atoms with E-state index in [1.54, 1.807) is 6.92 Å². The fourth-order valence-electron chi connectivity index (χ4n) is 2.96. The zero-order chi connectivity index (χ0) is 22.0. The fraction of sp³-hybridized carbons (Fsp3) is 0.350. The van der Waals surface area contributed by atoms with E-state index < -0.39 is 40.3 Å². The lowest BCUT2D eigenvalue weighted by Crippen LogP contribution is -2.41. The van der Waals surface area contributed by atoms with E-state index >= 15 is 0 Å². The number of carbonyl (C=O) groups excluding carboxylic acids is 1. The monoisotopic (exact) mass is 428 g/mol. The first kappa shape index (κ1) is 22.7. The molecule has 0 bridgehead atoms. The molecule has 0 aliphatic rings. The number of sulfonamides is 1. The number of anilines is 1. The number of nitrogens with zero attached hydrogens (tertiary/aromatic N) is 1. The summed E-state index contributed by atoms with van der Waals surface area (Å²) in [5, 5.41) is 2.71. The molecule has 29 heavy (non-hydrogen) atoms. The Morgan fingerprint density at radius 1 is 1.14 bits per heavy atom. The smallest absolute Gasteiger partial charge is 0.348 e. The number of carbonyl (C=O) groups is 1. The Morgan fingerprint density at radius 3 is 2.38 bits per heavy atom. The molecule has 0 aromatic heterocycles. The highest BCUT2D eigenvalue weighted by molar-refractivity contribution is 7.92. The second kappa shape index (κ2) is 8.44. The minimum absolute atomic E-state index is 0.225. The van der Waals surface area contributed by atoms with E-state index in [4.69, 9.17) is 0 Å². The maximum atomic E-state index is 13.0. The van der Waals surface area contributed by atoms with Crippen LogP contribution in [0.25, 0.3) is 0 Å². The molecule has 2 aromatic carbocycles. The van der Waals surface area contributed by atoms with Gasteiger partial charge in [0.2, 0.25) is 15.9 Å². The van der Waals surface area contributed by atoms with Gasteiger partial charge in [0.15, 0.2) is 0 Å². The summed E-state index contributed by atoms with van der Waals surface area (Å²) in [6.45, 7) is 4.93. The van der Waals surface area contributed by atoms with Crippen LogP contribution >= 0.6 is 0 Å². The maximum Gasteiger partial charge on any atom is 0.416 e. The fourth-order valence-corrected chi connectivity index (χ4v) is 3.81. The third kappa shape index (κ3) is 5.96. The molecule has 9 heteroatoms. The predicted octanol–water partition coefficient (Wildman–Crippen LogP) is 3.97. The molecule has 0 aliphatic heterocycles. The van der Waals surface area contributed by atoms with Gasteiger partial charge in [0.05, 0.1) is 23.5 Å². The molecule has 0 aliphatic carbocycles. The summed E-state index contributed by atoms with van der Waals surface area (Å²) in [5.41, 5.74) is 1.63. The average Bonchev–Trinajstić information content (AvgIpc) is 2.60. The Kier molecular flexibility index (Phi) is 6.62. The largest absolute Gasteiger partial charge is 0.416 e. The van der Waals surface area contributed by atoms with Crippen molar-refractivity contribution in [3.8, 4) is 0 Å². The van der Waals surface area contributed by atoms with Crippen molar-refractivity contribution in [3.63, 3.8) is 0 Å². The summed E-state index contributed by atoms with van der Waals surface area (Å²) in [6.07, 6.45) is -3.78. The molecule has 0 spiro atoms. The van der Waals surface area contributed by atoms with Gasteiger partial charge in [-0.1, -0.05) is 29.8 Å². The molecule has 0 saturated carbocycles. The molecule has 2 rings (SSSR count). The van der Waals surface area contributed by atoms with Crippen molar-refractivity contribution in [2.75, 3.05) is 17.1 Å². The van der Waals surface area contributed by atoms with Crippen molar-refractivity contribution in [2.24, 2.45) is 0 Å². The van der Waals surface area contributed by atoms with Crippen LogP contribution in [-0.4, -0.2) is 27.1 Å². The van der Waals surface area contributed by atoms with E-state index in [9.17, 15) is 26.4 Å². The molecule has 5 nitrogen and oxygen atoms in total. The van der Waals surface area contributed by atoms with Gasteiger partial charge in [-0.2, -0.15) is 13.2 Å². The number of nitrogens with one attached hydrogen (secondary N) is 1. The number of alkyl halides is 3. The van der Waals surface area contributed by atoms with Gasteiger partial charge >= 0.3 is 6.18 Å². The van der Waals surface area contributed by atoms with Crippen LogP contribution in [0.4, 0.5) is 18.9 Å². The minimum Gasteiger partial charge on any atom is -0.348 e. The van der Waals surface area contributed by atoms with Crippen LogP contribution in [0.2, 0.25) is 0 Å². The van der Waals surface area contributed by atoms with Gasteiger partial charge in [-0.15, -0.1) is 0 Å². The summed E-state index contributed by atoms with van der Waals surface area (Å²) in [4.78, 5) is 12.5. The zero-order valence-electron chi connectivity index (χ0n) is 16.5. The number of hydrogen-bond donors (Lipinski definition) is 1. The highest BCUT2D eigenvalue weighted by Crippen LogP contribution is 2.32. The quantitative estimate of drug-likeness (QED) is 0.757. The van der Waals surface area contributed by atoms with Gasteiger partial charge in [0.25, 0.3) is 0 Å². The third-order valence-electron chi connectivity index (χ3n) is 4.43. The van der Waals surface area contributed by atoms with Crippen LogP contribution < -0.4 is 9.62 Å². The second-order valence-electron chi connectivity index (χ2n) is 6.97. The Morgan fingerprint density at radius 2 is 1.79 bits per heavy atom. The summed E-state index contributed by atoms with van der Waals surface area (Å²) in [5.74, 6) is -0.624. The van der Waals surface area contributed by atoms with Gasteiger partial charge in [0.1, 0.15) is 6.54 Å². The van der Waals surface area contributed by atoms with Gasteiger partial charge < -0.3 is 5.32 Å². The minimum atomic E-state index is -4.63. The van der Waals surface area contributed by atoms with E-state index in [-0.39, 0.29) is 5.69 Å². The van der Waals surface area contributed by atoms with E-state index in [2.05, 4.69) is 5.32 Å². The molecular formula is C20H23F3N2O3S. The molecule has 158 valence electrons. The molecule has 0 heterocycles. The maximum absolute atomic E-state index is 13.0. The number of aryl methyl sites for hydroxylation is 2. The summed E-state index contributed by atoms with van der Waals surface area (Å²) in [7, 11) is -3.99. The van der Waals surface area contributed by atoms with Gasteiger partial charge in [-0.3, -0.25) is 9.10 Å². The lowest BCUT2D eigenvalue weighted by Gasteiger charge is -2.24. The van der Waals surface area contributed by atoms with Crippen molar-refractivity contribution < 1.29 is 26.4 Å². The number of amides is 1. The molecule has 1 atom stereocenters. The third-order valence-corrected chi connectivity index (χ3v) is 5.57. The molecule has 1 N–H and O–H groups in total. The SMILES string of the molecule is Cc1ccc(C)c(C(C)NC(=O)CN(c2cccc(C(F)(F)F)c2)S(C)(=O)=O)c1. The van der Waals surface area contributed by atoms with Crippen LogP contribution in [0.3, 0.4) is 0 Å². The van der Waals surface area contributed by atoms with Crippen molar-refractivity contribution >= 4 is 21.6 Å². The van der Waals surface area contributed by atoms with Gasteiger partial charge in [-0.25, -0.2) is 8.42 Å². The Bertz CT molecular complexity index is 1000. The lowest BCUT2D eigenvalue weighted by atomic mass is 10.00. The van der Waals surface area contributed by atoms with E-state index in [0.717, 1.165) is 35.1 Å². The molecular weight excluding hydrogens is 405 g/mol. The average molecular weight is 428 g/mol. The first-order valence-corrected chi connectivity index (χ1v) is 10.7. The van der Waals surface area contributed by atoms with E-state index in [1.807, 2.05) is 32.0 Å². The van der Waals surface area contributed by atoms with Crippen molar-refractivity contribution in [1.29, 1.82) is 0 Å². The standard InChI is InChI=1S/C20H23F3N2O3S/c1-13-8-9-14(2)18(10-13)15(3)24-19(26)12-25(29(4,27)28)17-7-5-6-16(11-17)20(21,22)23/h5-11,15H,12H2,1-4H3,(H,24,26). The van der Waals surface area contributed by atoms with E-state index in [0.29, 0.717) is 10.4 Å². The Labute approximate surface area is 168 Å². The number of hydrogen-bond acceptors (Lipinski definition) is 3. The summed E-state index contributed by atoms with van der Waals surface area (Å²) >= 11 is 0. The highest BCUT2D eigenvalue weighted by Gasteiger charge is 2.32. The molecule has 0 fully saturated rings. The van der Waals surface area contributed by atoms with Crippen LogP contribution in [-0.2, 0) is 21.0 Å². The van der Waals surface area contributed by atoms with Crippen LogP contribution in [0.5, 0.6) is 0 Å². The van der Waals surface area contributed by atoms with Crippen molar-refractivity contribution in [1.82, 2.24) is 5.32 Å². The molecule has 2 aromatic rings. The number of benzene rings is 2. The lowest BCUT2D eigenvalue weighted by molar-refractivity contribution is -0.137.